The Morgan fingerprint density at radius 2 is 2.04 bits per heavy atom. The number of halogens is 2. The third-order valence-corrected chi connectivity index (χ3v) is 11.5. The Balaban J connectivity index is 1.27. The molecule has 1 unspecified atom stereocenters. The van der Waals surface area contributed by atoms with Crippen LogP contribution in [-0.2, 0) is 9.53 Å². The number of ether oxygens (including phenoxy) is 2. The van der Waals surface area contributed by atoms with Crippen molar-refractivity contribution < 1.29 is 23.8 Å². The van der Waals surface area contributed by atoms with Gasteiger partial charge in [-0.15, -0.1) is 0 Å². The average Bonchev–Trinajstić information content (AvgIpc) is 3.68. The number of anilines is 1. The van der Waals surface area contributed by atoms with Crippen molar-refractivity contribution in [1.82, 2.24) is 30.1 Å². The average molecular weight is 680 g/mol. The van der Waals surface area contributed by atoms with E-state index in [0.717, 1.165) is 45.2 Å². The minimum absolute atomic E-state index is 0.00675. The van der Waals surface area contributed by atoms with Gasteiger partial charge in [-0.2, -0.15) is 9.97 Å². The molecular formula is C35H43ClFN7O4. The van der Waals surface area contributed by atoms with Gasteiger partial charge < -0.3 is 29.7 Å². The SMILES string of the molecule is CC(C)c1c(Cl)cc(O)cc1-c1ncc2c3nc(nc2c1F)OCC12CCCN1C[C@@H](C2)OCCC(=O)N(C)C[C@@]12CC[C@@H](CN3C1)N2. The van der Waals surface area contributed by atoms with Gasteiger partial charge in [0.2, 0.25) is 5.91 Å². The van der Waals surface area contributed by atoms with Crippen molar-refractivity contribution in [2.75, 3.05) is 57.9 Å². The zero-order valence-corrected chi connectivity index (χ0v) is 28.5. The molecule has 48 heavy (non-hydrogen) atoms. The second-order valence-corrected chi connectivity index (χ2v) is 15.3. The zero-order chi connectivity index (χ0) is 33.4. The first-order chi connectivity index (χ1) is 23.0. The van der Waals surface area contributed by atoms with Crippen LogP contribution in [0.2, 0.25) is 5.02 Å². The predicted octanol–water partition coefficient (Wildman–Crippen LogP) is 4.49. The Labute approximate surface area is 284 Å². The Hall–Kier alpha value is -3.32. The second-order valence-electron chi connectivity index (χ2n) is 14.9. The van der Waals surface area contributed by atoms with Crippen LogP contribution in [0.3, 0.4) is 0 Å². The normalized spacial score (nSPS) is 29.4. The van der Waals surface area contributed by atoms with Gasteiger partial charge in [0.25, 0.3) is 0 Å². The topological polar surface area (TPSA) is 116 Å². The van der Waals surface area contributed by atoms with Crippen molar-refractivity contribution in [1.29, 1.82) is 0 Å². The molecule has 5 aliphatic rings. The maximum atomic E-state index is 16.9. The number of phenolic OH excluding ortho intramolecular Hbond substituents is 1. The Bertz CT molecular complexity index is 1780. The Morgan fingerprint density at radius 3 is 2.88 bits per heavy atom. The minimum atomic E-state index is -0.622. The maximum Gasteiger partial charge on any atom is 0.319 e. The molecule has 1 amide bonds. The lowest BCUT2D eigenvalue weighted by Gasteiger charge is -2.44. The molecule has 4 fully saturated rings. The number of aromatic hydroxyl groups is 1. The molecule has 5 aliphatic heterocycles. The van der Waals surface area contributed by atoms with Crippen LogP contribution in [-0.4, -0.2) is 112 Å². The Kier molecular flexibility index (Phi) is 7.93. The van der Waals surface area contributed by atoms with E-state index in [0.29, 0.717) is 66.6 Å². The molecule has 4 atom stereocenters. The molecule has 13 heteroatoms. The molecule has 7 heterocycles. The summed E-state index contributed by atoms with van der Waals surface area (Å²) in [5.74, 6) is -0.111. The van der Waals surface area contributed by atoms with Crippen LogP contribution in [0.15, 0.2) is 18.3 Å². The van der Waals surface area contributed by atoms with E-state index in [1.165, 1.54) is 12.1 Å². The molecule has 4 saturated heterocycles. The molecule has 11 nitrogen and oxygen atoms in total. The molecule has 3 aromatic rings. The molecule has 2 spiro atoms. The fraction of sp³-hybridized carbons (Fsp3) is 0.600. The van der Waals surface area contributed by atoms with Gasteiger partial charge in [-0.05, 0) is 62.3 Å². The van der Waals surface area contributed by atoms with Crippen molar-refractivity contribution in [3.63, 3.8) is 0 Å². The number of benzene rings is 1. The summed E-state index contributed by atoms with van der Waals surface area (Å²) < 4.78 is 29.7. The number of fused-ring (bicyclic) bond motifs is 8. The lowest BCUT2D eigenvalue weighted by atomic mass is 9.94. The highest BCUT2D eigenvalue weighted by Crippen LogP contribution is 2.43. The van der Waals surface area contributed by atoms with Crippen molar-refractivity contribution in [2.24, 2.45) is 0 Å². The van der Waals surface area contributed by atoms with E-state index in [1.807, 2.05) is 25.8 Å². The lowest BCUT2D eigenvalue weighted by Crippen LogP contribution is -2.64. The van der Waals surface area contributed by atoms with Crippen LogP contribution in [0.4, 0.5) is 10.2 Å². The number of rotatable bonds is 2. The summed E-state index contributed by atoms with van der Waals surface area (Å²) in [5, 5.41) is 15.1. The van der Waals surface area contributed by atoms with Crippen LogP contribution in [0, 0.1) is 5.82 Å². The zero-order valence-electron chi connectivity index (χ0n) is 27.8. The molecule has 0 aliphatic carbocycles. The van der Waals surface area contributed by atoms with Gasteiger partial charge in [-0.1, -0.05) is 25.4 Å². The van der Waals surface area contributed by atoms with Crippen LogP contribution in [0.25, 0.3) is 22.2 Å². The standard InChI is InChI=1S/C35H43ClFN7O4/c1-20(2)28-24(11-22(45)12-26(28)36)30-29(37)31-25(14-38-30)32-40-33(39-31)48-19-35-7-4-9-44(35)16-23(13-35)47-10-6-27(46)42(3)17-34-8-5-21(41-34)15-43(32)18-34/h11-12,14,20-21,23,41,45H,4-10,13,15-19H2,1-3H3/t21-,23+,34-,35?/m0/s1. The van der Waals surface area contributed by atoms with Gasteiger partial charge in [-0.3, -0.25) is 14.7 Å². The number of amides is 1. The third kappa shape index (κ3) is 5.45. The first kappa shape index (κ1) is 31.9. The summed E-state index contributed by atoms with van der Waals surface area (Å²) in [6, 6.07) is 3.28. The predicted molar refractivity (Wildman–Crippen MR) is 180 cm³/mol. The van der Waals surface area contributed by atoms with Gasteiger partial charge in [0.1, 0.15) is 29.4 Å². The molecule has 0 saturated carbocycles. The van der Waals surface area contributed by atoms with E-state index in [1.54, 1.807) is 6.20 Å². The van der Waals surface area contributed by atoms with E-state index in [4.69, 9.17) is 31.0 Å². The number of likely N-dealkylation sites (N-methyl/N-ethyl adjacent to an activating group) is 1. The first-order valence-corrected chi connectivity index (χ1v) is 17.6. The molecule has 2 N–H and O–H groups in total. The summed E-state index contributed by atoms with van der Waals surface area (Å²) >= 11 is 6.57. The van der Waals surface area contributed by atoms with Crippen molar-refractivity contribution in [3.8, 4) is 23.0 Å². The summed E-state index contributed by atoms with van der Waals surface area (Å²) in [7, 11) is 1.87. The highest BCUT2D eigenvalue weighted by atomic mass is 35.5. The van der Waals surface area contributed by atoms with Gasteiger partial charge in [0.05, 0.1) is 35.6 Å². The molecular weight excluding hydrogens is 637 g/mol. The number of pyridine rings is 1. The van der Waals surface area contributed by atoms with Gasteiger partial charge >= 0.3 is 6.01 Å². The van der Waals surface area contributed by atoms with Gasteiger partial charge in [0.15, 0.2) is 5.82 Å². The number of aromatic nitrogens is 3. The van der Waals surface area contributed by atoms with Crippen LogP contribution >= 0.6 is 11.6 Å². The summed E-state index contributed by atoms with van der Waals surface area (Å²) in [6.45, 7) is 8.20. The maximum absolute atomic E-state index is 16.9. The van der Waals surface area contributed by atoms with E-state index in [9.17, 15) is 9.90 Å². The number of hydrogen-bond donors (Lipinski definition) is 2. The number of nitrogens with zero attached hydrogens (tertiary/aromatic N) is 6. The second kappa shape index (κ2) is 11.9. The van der Waals surface area contributed by atoms with E-state index < -0.39 is 5.82 Å². The quantitative estimate of drug-likeness (QED) is 0.402. The lowest BCUT2D eigenvalue weighted by molar-refractivity contribution is -0.132. The smallest absolute Gasteiger partial charge is 0.319 e. The van der Waals surface area contributed by atoms with Crippen LogP contribution in [0.5, 0.6) is 11.8 Å². The number of piperazine rings is 1. The molecule has 2 aromatic heterocycles. The van der Waals surface area contributed by atoms with E-state index in [-0.39, 0.29) is 58.0 Å². The van der Waals surface area contributed by atoms with Crippen molar-refractivity contribution >= 4 is 34.2 Å². The summed E-state index contributed by atoms with van der Waals surface area (Å²) in [6.07, 6.45) is 6.64. The van der Waals surface area contributed by atoms with E-state index in [2.05, 4.69) is 20.1 Å². The molecule has 256 valence electrons. The Morgan fingerprint density at radius 1 is 1.19 bits per heavy atom. The van der Waals surface area contributed by atoms with Crippen molar-refractivity contribution in [3.05, 3.63) is 34.7 Å². The number of phenols is 1. The fourth-order valence-corrected chi connectivity index (χ4v) is 9.48. The number of carbonyl (C=O) groups is 1. The molecule has 0 radical (unpaired) electrons. The molecule has 8 rings (SSSR count). The van der Waals surface area contributed by atoms with Gasteiger partial charge in [0, 0.05) is 56.1 Å². The molecule has 7 bridgehead atoms. The van der Waals surface area contributed by atoms with Crippen LogP contribution < -0.4 is 15.0 Å². The summed E-state index contributed by atoms with van der Waals surface area (Å²) in [5.41, 5.74) is 0.703. The fourth-order valence-electron chi connectivity index (χ4n) is 9.05. The molecule has 1 aromatic carbocycles. The first-order valence-electron chi connectivity index (χ1n) is 17.2. The van der Waals surface area contributed by atoms with Gasteiger partial charge in [-0.25, -0.2) is 4.39 Å². The third-order valence-electron chi connectivity index (χ3n) is 11.2. The number of nitrogens with one attached hydrogen (secondary N) is 1. The van der Waals surface area contributed by atoms with Crippen LogP contribution in [0.1, 0.15) is 63.9 Å². The van der Waals surface area contributed by atoms with E-state index >= 15 is 4.39 Å². The highest BCUT2D eigenvalue weighted by molar-refractivity contribution is 6.32. The monoisotopic (exact) mass is 679 g/mol. The van der Waals surface area contributed by atoms with Crippen molar-refractivity contribution in [2.45, 2.75) is 81.5 Å². The minimum Gasteiger partial charge on any atom is -0.508 e. The summed E-state index contributed by atoms with van der Waals surface area (Å²) in [4.78, 5) is 34.0. The largest absolute Gasteiger partial charge is 0.508 e. The number of hydrogen-bond acceptors (Lipinski definition) is 10. The number of carbonyl (C=O) groups excluding carboxylic acids is 1. The highest BCUT2D eigenvalue weighted by Gasteiger charge is 2.50.